The molecule has 1 N–H and O–H groups in total. The monoisotopic (exact) mass is 272 g/mol. The van der Waals surface area contributed by atoms with Crippen molar-refractivity contribution in [3.8, 4) is 0 Å². The quantitative estimate of drug-likeness (QED) is 0.908. The minimum atomic E-state index is 0.538. The van der Waals surface area contributed by atoms with Crippen molar-refractivity contribution in [3.63, 3.8) is 0 Å². The number of imidazole rings is 1. The lowest BCUT2D eigenvalue weighted by Crippen LogP contribution is -2.23. The zero-order valence-electron chi connectivity index (χ0n) is 12.5. The Balaban J connectivity index is 1.82. The van der Waals surface area contributed by atoms with Crippen molar-refractivity contribution in [2.75, 3.05) is 6.54 Å². The molecular weight excluding hydrogens is 248 g/mol. The molecule has 0 bridgehead atoms. The SMILES string of the molecule is CCNC1CCCc2cn(Cc3nccn3CC)cc21. The Kier molecular flexibility index (Phi) is 3.92. The van der Waals surface area contributed by atoms with Gasteiger partial charge in [0.1, 0.15) is 5.82 Å². The largest absolute Gasteiger partial charge is 0.346 e. The van der Waals surface area contributed by atoms with Crippen LogP contribution < -0.4 is 5.32 Å². The second-order valence-electron chi connectivity index (χ2n) is 5.54. The van der Waals surface area contributed by atoms with Crippen molar-refractivity contribution in [1.29, 1.82) is 0 Å². The van der Waals surface area contributed by atoms with E-state index in [0.29, 0.717) is 6.04 Å². The van der Waals surface area contributed by atoms with Crippen LogP contribution >= 0.6 is 0 Å². The predicted molar refractivity (Wildman–Crippen MR) is 80.8 cm³/mol. The van der Waals surface area contributed by atoms with Gasteiger partial charge in [0.15, 0.2) is 0 Å². The van der Waals surface area contributed by atoms with E-state index < -0.39 is 0 Å². The molecule has 1 aliphatic rings. The summed E-state index contributed by atoms with van der Waals surface area (Å²) in [7, 11) is 0. The Hall–Kier alpha value is -1.55. The minimum absolute atomic E-state index is 0.538. The summed E-state index contributed by atoms with van der Waals surface area (Å²) in [5.74, 6) is 1.14. The molecule has 20 heavy (non-hydrogen) atoms. The molecular formula is C16H24N4. The topological polar surface area (TPSA) is 34.8 Å². The summed E-state index contributed by atoms with van der Waals surface area (Å²) >= 11 is 0. The predicted octanol–water partition coefficient (Wildman–Crippen LogP) is 2.74. The third-order valence-electron chi connectivity index (χ3n) is 4.23. The van der Waals surface area contributed by atoms with Crippen molar-refractivity contribution in [2.45, 2.75) is 52.2 Å². The van der Waals surface area contributed by atoms with E-state index in [1.54, 1.807) is 0 Å². The molecule has 0 saturated carbocycles. The first-order chi connectivity index (χ1) is 9.81. The maximum absolute atomic E-state index is 4.47. The highest BCUT2D eigenvalue weighted by Gasteiger charge is 2.21. The number of fused-ring (bicyclic) bond motifs is 1. The van der Waals surface area contributed by atoms with Crippen LogP contribution in [0.2, 0.25) is 0 Å². The third kappa shape index (κ3) is 2.52. The average molecular weight is 272 g/mol. The lowest BCUT2D eigenvalue weighted by molar-refractivity contribution is 0.473. The molecule has 0 fully saturated rings. The summed E-state index contributed by atoms with van der Waals surface area (Å²) in [4.78, 5) is 4.47. The fraction of sp³-hybridized carbons (Fsp3) is 0.562. The highest BCUT2D eigenvalue weighted by molar-refractivity contribution is 5.30. The van der Waals surface area contributed by atoms with Gasteiger partial charge in [0.05, 0.1) is 6.54 Å². The molecule has 1 aliphatic carbocycles. The molecule has 2 heterocycles. The zero-order chi connectivity index (χ0) is 13.9. The summed E-state index contributed by atoms with van der Waals surface area (Å²) < 4.78 is 4.51. The van der Waals surface area contributed by atoms with E-state index in [4.69, 9.17) is 0 Å². The summed E-state index contributed by atoms with van der Waals surface area (Å²) in [6.45, 7) is 7.23. The zero-order valence-corrected chi connectivity index (χ0v) is 12.5. The van der Waals surface area contributed by atoms with Gasteiger partial charge in [-0.3, -0.25) is 0 Å². The van der Waals surface area contributed by atoms with Gasteiger partial charge in [-0.25, -0.2) is 4.98 Å². The molecule has 1 atom stereocenters. The van der Waals surface area contributed by atoms with Crippen LogP contribution in [0.1, 0.15) is 49.7 Å². The number of aromatic nitrogens is 3. The maximum atomic E-state index is 4.47. The van der Waals surface area contributed by atoms with Gasteiger partial charge >= 0.3 is 0 Å². The van der Waals surface area contributed by atoms with Gasteiger partial charge in [0.25, 0.3) is 0 Å². The molecule has 4 heteroatoms. The second-order valence-corrected chi connectivity index (χ2v) is 5.54. The average Bonchev–Trinajstić information content (AvgIpc) is 3.06. The van der Waals surface area contributed by atoms with Crippen LogP contribution in [0.5, 0.6) is 0 Å². The smallest absolute Gasteiger partial charge is 0.128 e. The van der Waals surface area contributed by atoms with Crippen LogP contribution in [0.25, 0.3) is 0 Å². The van der Waals surface area contributed by atoms with Gasteiger partial charge in [-0.05, 0) is 43.9 Å². The van der Waals surface area contributed by atoms with Gasteiger partial charge in [-0.1, -0.05) is 6.92 Å². The highest BCUT2D eigenvalue weighted by Crippen LogP contribution is 2.30. The lowest BCUT2D eigenvalue weighted by Gasteiger charge is -2.22. The molecule has 0 saturated heterocycles. The Labute approximate surface area is 120 Å². The van der Waals surface area contributed by atoms with Crippen molar-refractivity contribution in [1.82, 2.24) is 19.4 Å². The van der Waals surface area contributed by atoms with Crippen LogP contribution in [0.4, 0.5) is 0 Å². The fourth-order valence-corrected chi connectivity index (χ4v) is 3.24. The van der Waals surface area contributed by atoms with Gasteiger partial charge in [0, 0.05) is 37.4 Å². The molecule has 2 aromatic rings. The van der Waals surface area contributed by atoms with E-state index in [1.165, 1.54) is 30.4 Å². The van der Waals surface area contributed by atoms with Gasteiger partial charge in [0.2, 0.25) is 0 Å². The molecule has 0 aliphatic heterocycles. The summed E-state index contributed by atoms with van der Waals surface area (Å²) in [6, 6.07) is 0.538. The number of nitrogens with one attached hydrogen (secondary N) is 1. The fourth-order valence-electron chi connectivity index (χ4n) is 3.24. The maximum Gasteiger partial charge on any atom is 0.128 e. The van der Waals surface area contributed by atoms with Crippen LogP contribution in [-0.4, -0.2) is 20.7 Å². The molecule has 0 aromatic carbocycles. The van der Waals surface area contributed by atoms with Crippen LogP contribution in [0, 0.1) is 0 Å². The Morgan fingerprint density at radius 2 is 2.25 bits per heavy atom. The first kappa shape index (κ1) is 13.4. The van der Waals surface area contributed by atoms with Gasteiger partial charge < -0.3 is 14.5 Å². The van der Waals surface area contributed by atoms with Crippen LogP contribution in [0.3, 0.4) is 0 Å². The van der Waals surface area contributed by atoms with E-state index in [2.05, 4.69) is 51.9 Å². The van der Waals surface area contributed by atoms with Gasteiger partial charge in [-0.15, -0.1) is 0 Å². The normalized spacial score (nSPS) is 18.2. The summed E-state index contributed by atoms with van der Waals surface area (Å²) in [5, 5.41) is 3.60. The van der Waals surface area contributed by atoms with E-state index >= 15 is 0 Å². The molecule has 0 radical (unpaired) electrons. The van der Waals surface area contributed by atoms with Gasteiger partial charge in [-0.2, -0.15) is 0 Å². The second kappa shape index (κ2) is 5.83. The molecule has 4 nitrogen and oxygen atoms in total. The number of rotatable bonds is 5. The molecule has 2 aromatic heterocycles. The number of nitrogens with zero attached hydrogens (tertiary/aromatic N) is 3. The number of aryl methyl sites for hydroxylation is 2. The number of hydrogen-bond acceptors (Lipinski definition) is 2. The highest BCUT2D eigenvalue weighted by atomic mass is 15.1. The van der Waals surface area contributed by atoms with E-state index in [1.807, 2.05) is 6.20 Å². The Bertz CT molecular complexity index is 567. The summed E-state index contributed by atoms with van der Waals surface area (Å²) in [6.07, 6.45) is 12.3. The Morgan fingerprint density at radius 1 is 1.35 bits per heavy atom. The molecule has 1 unspecified atom stereocenters. The summed E-state index contributed by atoms with van der Waals surface area (Å²) in [5.41, 5.74) is 3.00. The first-order valence-corrected chi connectivity index (χ1v) is 7.73. The van der Waals surface area contributed by atoms with E-state index in [9.17, 15) is 0 Å². The Morgan fingerprint density at radius 3 is 3.05 bits per heavy atom. The van der Waals surface area contributed by atoms with Crippen molar-refractivity contribution >= 4 is 0 Å². The molecule has 108 valence electrons. The molecule has 3 rings (SSSR count). The molecule has 0 amide bonds. The van der Waals surface area contributed by atoms with Crippen LogP contribution in [-0.2, 0) is 19.5 Å². The number of hydrogen-bond donors (Lipinski definition) is 1. The van der Waals surface area contributed by atoms with Crippen molar-refractivity contribution in [3.05, 3.63) is 41.7 Å². The molecule has 0 spiro atoms. The van der Waals surface area contributed by atoms with E-state index in [0.717, 1.165) is 25.5 Å². The van der Waals surface area contributed by atoms with Crippen molar-refractivity contribution < 1.29 is 0 Å². The first-order valence-electron chi connectivity index (χ1n) is 7.73. The minimum Gasteiger partial charge on any atom is -0.346 e. The van der Waals surface area contributed by atoms with E-state index in [-0.39, 0.29) is 0 Å². The van der Waals surface area contributed by atoms with Crippen LogP contribution in [0.15, 0.2) is 24.8 Å². The third-order valence-corrected chi connectivity index (χ3v) is 4.23. The standard InChI is InChI=1S/C16H24N4/c1-3-17-15-7-5-6-13-10-19(11-14(13)15)12-16-18-8-9-20(16)4-2/h8-11,15,17H,3-7,12H2,1-2H3. The lowest BCUT2D eigenvalue weighted by atomic mass is 9.91. The van der Waals surface area contributed by atoms with Crippen molar-refractivity contribution in [2.24, 2.45) is 0 Å².